The first kappa shape index (κ1) is 10.7. The average molecular weight is 233 g/mol. The van der Waals surface area contributed by atoms with Crippen LogP contribution in [-0.2, 0) is 10.0 Å². The summed E-state index contributed by atoms with van der Waals surface area (Å²) in [7, 11) is -3.38. The van der Waals surface area contributed by atoms with E-state index >= 15 is 0 Å². The van der Waals surface area contributed by atoms with Gasteiger partial charge in [0.15, 0.2) is 0 Å². The Morgan fingerprint density at radius 1 is 0.938 bits per heavy atom. The molecule has 0 saturated carbocycles. The van der Waals surface area contributed by atoms with Gasteiger partial charge in [0.25, 0.3) is 10.0 Å². The van der Waals surface area contributed by atoms with Crippen molar-refractivity contribution in [3.63, 3.8) is 0 Å². The minimum atomic E-state index is -3.38. The molecule has 0 spiro atoms. The first-order chi connectivity index (χ1) is 7.68. The van der Waals surface area contributed by atoms with Crippen molar-refractivity contribution in [2.75, 3.05) is 0 Å². The Bertz CT molecular complexity index is 569. The summed E-state index contributed by atoms with van der Waals surface area (Å²) in [4.78, 5) is 0. The molecule has 1 heterocycles. The van der Waals surface area contributed by atoms with Crippen LogP contribution >= 0.6 is 0 Å². The molecule has 2 rings (SSSR count). The monoisotopic (exact) mass is 233 g/mol. The van der Waals surface area contributed by atoms with Gasteiger partial charge in [0.2, 0.25) is 0 Å². The van der Waals surface area contributed by atoms with E-state index in [4.69, 9.17) is 0 Å². The van der Waals surface area contributed by atoms with Crippen LogP contribution in [0.3, 0.4) is 0 Å². The van der Waals surface area contributed by atoms with Crippen molar-refractivity contribution < 1.29 is 8.42 Å². The highest BCUT2D eigenvalue weighted by Gasteiger charge is 2.05. The molecule has 1 aromatic carbocycles. The van der Waals surface area contributed by atoms with Crippen LogP contribution in [0.5, 0.6) is 0 Å². The van der Waals surface area contributed by atoms with E-state index in [1.54, 1.807) is 18.2 Å². The number of hydrogen-bond acceptors (Lipinski definition) is 2. The van der Waals surface area contributed by atoms with E-state index in [0.29, 0.717) is 0 Å². The molecular weight excluding hydrogens is 222 g/mol. The summed E-state index contributed by atoms with van der Waals surface area (Å²) in [6.07, 6.45) is 4.59. The first-order valence-electron chi connectivity index (χ1n) is 4.80. The molecule has 2 aromatic rings. The second kappa shape index (κ2) is 4.37. The molecule has 3 nitrogen and oxygen atoms in total. The fourth-order valence-corrected chi connectivity index (χ4v) is 2.24. The first-order valence-corrected chi connectivity index (χ1v) is 6.30. The molecule has 1 aromatic heterocycles. The summed E-state index contributed by atoms with van der Waals surface area (Å²) in [6.45, 7) is 0. The topological polar surface area (TPSA) is 39.1 Å². The summed E-state index contributed by atoms with van der Waals surface area (Å²) in [5.74, 6) is 0. The molecule has 0 atom stereocenters. The van der Waals surface area contributed by atoms with E-state index in [0.717, 1.165) is 5.56 Å². The van der Waals surface area contributed by atoms with Crippen LogP contribution in [0.2, 0.25) is 0 Å². The van der Waals surface area contributed by atoms with Gasteiger partial charge in [-0.15, -0.1) is 0 Å². The van der Waals surface area contributed by atoms with Crippen LogP contribution in [-0.4, -0.2) is 12.4 Å². The van der Waals surface area contributed by atoms with Crippen molar-refractivity contribution >= 4 is 16.1 Å². The molecule has 0 aliphatic carbocycles. The Kier molecular flexibility index (Phi) is 2.92. The molecule has 0 aliphatic rings. The minimum Gasteiger partial charge on any atom is -0.250 e. The highest BCUT2D eigenvalue weighted by Crippen LogP contribution is 2.06. The number of hydrogen-bond donors (Lipinski definition) is 0. The zero-order valence-electron chi connectivity index (χ0n) is 8.52. The molecule has 0 saturated heterocycles. The van der Waals surface area contributed by atoms with Gasteiger partial charge in [-0.2, -0.15) is 0 Å². The van der Waals surface area contributed by atoms with Gasteiger partial charge in [0.1, 0.15) is 0 Å². The lowest BCUT2D eigenvalue weighted by Crippen LogP contribution is -2.05. The predicted octanol–water partition coefficient (Wildman–Crippen LogP) is 2.34. The van der Waals surface area contributed by atoms with Gasteiger partial charge in [0.05, 0.1) is 5.41 Å². The van der Waals surface area contributed by atoms with E-state index in [1.807, 2.05) is 30.3 Å². The zero-order chi connectivity index (χ0) is 11.4. The zero-order valence-corrected chi connectivity index (χ0v) is 9.34. The lowest BCUT2D eigenvalue weighted by molar-refractivity contribution is 0.597. The normalized spacial score (nSPS) is 12.0. The van der Waals surface area contributed by atoms with Gasteiger partial charge >= 0.3 is 0 Å². The molecule has 0 amide bonds. The van der Waals surface area contributed by atoms with Crippen LogP contribution in [0, 0.1) is 0 Å². The van der Waals surface area contributed by atoms with E-state index in [-0.39, 0.29) is 0 Å². The molecule has 0 radical (unpaired) electrons. The number of benzene rings is 1. The lowest BCUT2D eigenvalue weighted by Gasteiger charge is -1.98. The fourth-order valence-electron chi connectivity index (χ4n) is 1.29. The van der Waals surface area contributed by atoms with Crippen molar-refractivity contribution in [1.29, 1.82) is 0 Å². The van der Waals surface area contributed by atoms with Gasteiger partial charge < -0.3 is 0 Å². The maximum atomic E-state index is 11.7. The molecule has 0 N–H and O–H groups in total. The average Bonchev–Trinajstić information content (AvgIpc) is 2.82. The Morgan fingerprint density at radius 2 is 1.56 bits per heavy atom. The van der Waals surface area contributed by atoms with E-state index < -0.39 is 10.0 Å². The van der Waals surface area contributed by atoms with E-state index in [9.17, 15) is 8.42 Å². The van der Waals surface area contributed by atoms with Crippen LogP contribution in [0.1, 0.15) is 5.56 Å². The van der Waals surface area contributed by atoms with E-state index in [2.05, 4.69) is 0 Å². The fraction of sp³-hybridized carbons (Fsp3) is 0. The Hall–Kier alpha value is -1.81. The Balaban J connectivity index is 2.26. The lowest BCUT2D eigenvalue weighted by atomic mass is 10.2. The third kappa shape index (κ3) is 2.41. The highest BCUT2D eigenvalue weighted by molar-refractivity contribution is 7.92. The summed E-state index contributed by atoms with van der Waals surface area (Å²) in [6, 6.07) is 12.7. The molecule has 0 unspecified atom stereocenters. The van der Waals surface area contributed by atoms with Gasteiger partial charge in [-0.1, -0.05) is 30.3 Å². The molecule has 16 heavy (non-hydrogen) atoms. The second-order valence-corrected chi connectivity index (χ2v) is 5.00. The number of aromatic nitrogens is 1. The smallest absolute Gasteiger partial charge is 0.250 e. The van der Waals surface area contributed by atoms with Crippen LogP contribution in [0.4, 0.5) is 0 Å². The molecular formula is C12H11NO2S. The van der Waals surface area contributed by atoms with Crippen molar-refractivity contribution in [3.8, 4) is 0 Å². The maximum Gasteiger partial charge on any atom is 0.260 e. The van der Waals surface area contributed by atoms with Crippen molar-refractivity contribution in [1.82, 2.24) is 3.97 Å². The largest absolute Gasteiger partial charge is 0.260 e. The van der Waals surface area contributed by atoms with E-state index in [1.165, 1.54) is 21.8 Å². The molecule has 0 aliphatic heterocycles. The summed E-state index contributed by atoms with van der Waals surface area (Å²) in [5.41, 5.74) is 0.859. The molecule has 0 fully saturated rings. The molecule has 4 heteroatoms. The third-order valence-corrected chi connectivity index (χ3v) is 3.41. The Labute approximate surface area is 94.7 Å². The molecule has 82 valence electrons. The van der Waals surface area contributed by atoms with Gasteiger partial charge in [-0.3, -0.25) is 0 Å². The maximum absolute atomic E-state index is 11.7. The quantitative estimate of drug-likeness (QED) is 0.816. The van der Waals surface area contributed by atoms with Gasteiger partial charge in [0, 0.05) is 12.4 Å². The second-order valence-electron chi connectivity index (χ2n) is 3.27. The van der Waals surface area contributed by atoms with Gasteiger partial charge in [-0.25, -0.2) is 12.4 Å². The number of rotatable bonds is 3. The van der Waals surface area contributed by atoms with Crippen molar-refractivity contribution in [2.24, 2.45) is 0 Å². The van der Waals surface area contributed by atoms with Crippen molar-refractivity contribution in [3.05, 3.63) is 65.8 Å². The highest BCUT2D eigenvalue weighted by atomic mass is 32.2. The van der Waals surface area contributed by atoms with Crippen LogP contribution < -0.4 is 0 Å². The van der Waals surface area contributed by atoms with Crippen LogP contribution in [0.15, 0.2) is 60.3 Å². The minimum absolute atomic E-state index is 0.859. The standard InChI is InChI=1S/C12H11NO2S/c14-16(15,13-9-4-5-10-13)11-8-12-6-2-1-3-7-12/h1-11H/b11-8+. The summed E-state index contributed by atoms with van der Waals surface area (Å²) >= 11 is 0. The van der Waals surface area contributed by atoms with Crippen molar-refractivity contribution in [2.45, 2.75) is 0 Å². The number of nitrogens with zero attached hydrogens (tertiary/aromatic N) is 1. The molecule has 0 bridgehead atoms. The third-order valence-electron chi connectivity index (χ3n) is 2.10. The predicted molar refractivity (Wildman–Crippen MR) is 64.2 cm³/mol. The van der Waals surface area contributed by atoms with Gasteiger partial charge in [-0.05, 0) is 23.8 Å². The summed E-state index contributed by atoms with van der Waals surface area (Å²) < 4.78 is 24.7. The SMILES string of the molecule is O=S(=O)(/C=C/c1ccccc1)n1cccc1. The Morgan fingerprint density at radius 3 is 2.19 bits per heavy atom. The summed E-state index contributed by atoms with van der Waals surface area (Å²) in [5, 5.41) is 1.20. The van der Waals surface area contributed by atoms with Crippen LogP contribution in [0.25, 0.3) is 6.08 Å².